The molecule has 0 unspecified atom stereocenters. The number of amides is 1. The van der Waals surface area contributed by atoms with E-state index in [1.165, 1.54) is 17.3 Å². The number of benzene rings is 1. The van der Waals surface area contributed by atoms with Gasteiger partial charge in [0.1, 0.15) is 4.38 Å². The molecule has 7 heteroatoms. The van der Waals surface area contributed by atoms with E-state index in [0.29, 0.717) is 5.75 Å². The van der Waals surface area contributed by atoms with Crippen molar-refractivity contribution in [2.45, 2.75) is 20.8 Å². The lowest BCUT2D eigenvalue weighted by molar-refractivity contribution is -0.113. The molecule has 1 N–H and O–H groups in total. The van der Waals surface area contributed by atoms with Crippen LogP contribution >= 0.6 is 23.5 Å². The molecule has 1 aromatic carbocycles. The van der Waals surface area contributed by atoms with Gasteiger partial charge in [-0.15, -0.1) is 0 Å². The Kier molecular flexibility index (Phi) is 5.30. The Labute approximate surface area is 150 Å². The van der Waals surface area contributed by atoms with Crippen molar-refractivity contribution < 1.29 is 4.79 Å². The fourth-order valence-electron chi connectivity index (χ4n) is 2.47. The molecule has 126 valence electrons. The van der Waals surface area contributed by atoms with Crippen LogP contribution in [0.25, 0.3) is 5.69 Å². The Balaban J connectivity index is 1.71. The summed E-state index contributed by atoms with van der Waals surface area (Å²) in [6, 6.07) is 8.18. The molecule has 0 aliphatic carbocycles. The van der Waals surface area contributed by atoms with Crippen LogP contribution in [0.3, 0.4) is 0 Å². The average Bonchev–Trinajstić information content (AvgIpc) is 3.17. The zero-order valence-corrected chi connectivity index (χ0v) is 15.6. The quantitative estimate of drug-likeness (QED) is 0.905. The van der Waals surface area contributed by atoms with Crippen molar-refractivity contribution in [3.63, 3.8) is 0 Å². The van der Waals surface area contributed by atoms with Crippen LogP contribution in [0, 0.1) is 20.8 Å². The van der Waals surface area contributed by atoms with Gasteiger partial charge in [-0.1, -0.05) is 41.2 Å². The number of aliphatic imine (C=N–C) groups is 1. The topological polar surface area (TPSA) is 59.3 Å². The highest BCUT2D eigenvalue weighted by molar-refractivity contribution is 8.39. The molecule has 1 aromatic heterocycles. The van der Waals surface area contributed by atoms with Crippen LogP contribution in [-0.2, 0) is 4.79 Å². The molecule has 0 saturated heterocycles. The second-order valence-electron chi connectivity index (χ2n) is 5.63. The van der Waals surface area contributed by atoms with Gasteiger partial charge >= 0.3 is 0 Å². The van der Waals surface area contributed by atoms with E-state index in [1.54, 1.807) is 11.8 Å². The van der Waals surface area contributed by atoms with Gasteiger partial charge in [-0.2, -0.15) is 5.10 Å². The van der Waals surface area contributed by atoms with Crippen LogP contribution in [-0.4, -0.2) is 38.1 Å². The summed E-state index contributed by atoms with van der Waals surface area (Å²) in [5.74, 6) is 1.37. The van der Waals surface area contributed by atoms with Crippen LogP contribution in [0.15, 0.2) is 29.3 Å². The lowest BCUT2D eigenvalue weighted by Gasteiger charge is -2.07. The predicted molar refractivity (Wildman–Crippen MR) is 104 cm³/mol. The molecule has 1 aliphatic heterocycles. The average molecular weight is 361 g/mol. The molecule has 24 heavy (non-hydrogen) atoms. The Morgan fingerprint density at radius 2 is 2.04 bits per heavy atom. The number of anilines is 1. The summed E-state index contributed by atoms with van der Waals surface area (Å²) in [7, 11) is 0. The summed E-state index contributed by atoms with van der Waals surface area (Å²) in [5.41, 5.74) is 4.75. The number of hydrogen-bond donors (Lipinski definition) is 1. The number of carbonyl (C=O) groups is 1. The maximum Gasteiger partial charge on any atom is 0.234 e. The van der Waals surface area contributed by atoms with Crippen molar-refractivity contribution in [1.29, 1.82) is 0 Å². The highest BCUT2D eigenvalue weighted by Gasteiger charge is 2.16. The third-order valence-electron chi connectivity index (χ3n) is 3.72. The summed E-state index contributed by atoms with van der Waals surface area (Å²) in [6.45, 7) is 6.80. The van der Waals surface area contributed by atoms with Crippen LogP contribution in [0.4, 0.5) is 5.69 Å². The van der Waals surface area contributed by atoms with Crippen LogP contribution in [0.5, 0.6) is 0 Å². The number of nitrogens with one attached hydrogen (secondary N) is 1. The first-order valence-corrected chi connectivity index (χ1v) is 9.75. The summed E-state index contributed by atoms with van der Waals surface area (Å²) in [5, 5.41) is 7.56. The number of nitrogens with zero attached hydrogens (tertiary/aromatic N) is 3. The summed E-state index contributed by atoms with van der Waals surface area (Å²) < 4.78 is 2.88. The molecule has 2 aromatic rings. The summed E-state index contributed by atoms with van der Waals surface area (Å²) in [4.78, 5) is 16.6. The molecular formula is C17H20N4OS2. The minimum Gasteiger partial charge on any atom is -0.322 e. The Hall–Kier alpha value is -1.73. The molecular weight excluding hydrogens is 340 g/mol. The Morgan fingerprint density at radius 3 is 2.71 bits per heavy atom. The second kappa shape index (κ2) is 7.44. The van der Waals surface area contributed by atoms with Gasteiger partial charge in [-0.25, -0.2) is 4.68 Å². The number of carbonyl (C=O) groups excluding carboxylic acids is 1. The van der Waals surface area contributed by atoms with Crippen molar-refractivity contribution in [2.75, 3.05) is 23.4 Å². The van der Waals surface area contributed by atoms with Crippen molar-refractivity contribution in [3.05, 3.63) is 41.2 Å². The zero-order chi connectivity index (χ0) is 17.1. The normalized spacial score (nSPS) is 13.9. The fraction of sp³-hybridized carbons (Fsp3) is 0.353. The minimum atomic E-state index is -0.0233. The molecule has 1 aliphatic rings. The Morgan fingerprint density at radius 1 is 1.29 bits per heavy atom. The molecule has 0 bridgehead atoms. The second-order valence-corrected chi connectivity index (χ2v) is 7.93. The van der Waals surface area contributed by atoms with E-state index in [-0.39, 0.29) is 5.91 Å². The van der Waals surface area contributed by atoms with Gasteiger partial charge in [0.15, 0.2) is 0 Å². The van der Waals surface area contributed by atoms with E-state index in [1.807, 2.05) is 30.7 Å². The molecule has 0 atom stereocenters. The number of hydrogen-bond acceptors (Lipinski definition) is 5. The van der Waals surface area contributed by atoms with Crippen LogP contribution < -0.4 is 5.32 Å². The number of rotatable bonds is 4. The van der Waals surface area contributed by atoms with E-state index in [9.17, 15) is 4.79 Å². The minimum absolute atomic E-state index is 0.0233. The monoisotopic (exact) mass is 360 g/mol. The highest BCUT2D eigenvalue weighted by atomic mass is 32.2. The van der Waals surface area contributed by atoms with Gasteiger partial charge in [0, 0.05) is 5.75 Å². The molecule has 1 amide bonds. The van der Waals surface area contributed by atoms with Crippen molar-refractivity contribution in [1.82, 2.24) is 9.78 Å². The molecule has 0 saturated carbocycles. The lowest BCUT2D eigenvalue weighted by Crippen LogP contribution is -2.16. The van der Waals surface area contributed by atoms with E-state index < -0.39 is 0 Å². The van der Waals surface area contributed by atoms with Gasteiger partial charge in [0.25, 0.3) is 0 Å². The third kappa shape index (κ3) is 3.84. The van der Waals surface area contributed by atoms with Gasteiger partial charge < -0.3 is 5.32 Å². The van der Waals surface area contributed by atoms with E-state index in [2.05, 4.69) is 34.5 Å². The smallest absolute Gasteiger partial charge is 0.234 e. The maximum absolute atomic E-state index is 12.2. The number of thioether (sulfide) groups is 2. The molecule has 3 rings (SSSR count). The largest absolute Gasteiger partial charge is 0.322 e. The van der Waals surface area contributed by atoms with E-state index in [4.69, 9.17) is 0 Å². The molecule has 0 radical (unpaired) electrons. The Bertz CT molecular complexity index is 781. The van der Waals surface area contributed by atoms with E-state index in [0.717, 1.165) is 39.4 Å². The van der Waals surface area contributed by atoms with E-state index >= 15 is 0 Å². The standard InChI is InChI=1S/C17H20N4OS2/c1-11-4-6-14(7-5-11)21-13(3)16(12(2)20-21)19-15(22)10-24-17-18-8-9-23-17/h4-7H,8-10H2,1-3H3,(H,19,22). The van der Waals surface area contributed by atoms with Crippen molar-refractivity contribution >= 4 is 39.5 Å². The van der Waals surface area contributed by atoms with Crippen LogP contribution in [0.2, 0.25) is 0 Å². The first-order valence-electron chi connectivity index (χ1n) is 7.78. The zero-order valence-electron chi connectivity index (χ0n) is 14.0. The summed E-state index contributed by atoms with van der Waals surface area (Å²) >= 11 is 3.22. The molecule has 2 heterocycles. The predicted octanol–water partition coefficient (Wildman–Crippen LogP) is 3.57. The van der Waals surface area contributed by atoms with Gasteiger partial charge in [-0.3, -0.25) is 9.79 Å². The van der Waals surface area contributed by atoms with Gasteiger partial charge in [0.2, 0.25) is 5.91 Å². The lowest BCUT2D eigenvalue weighted by atomic mass is 10.2. The van der Waals surface area contributed by atoms with Gasteiger partial charge in [-0.05, 0) is 32.9 Å². The first kappa shape index (κ1) is 17.1. The highest BCUT2D eigenvalue weighted by Crippen LogP contribution is 2.25. The molecule has 0 fully saturated rings. The SMILES string of the molecule is Cc1ccc(-n2nc(C)c(NC(=O)CSC3=NCCS3)c2C)cc1. The van der Waals surface area contributed by atoms with Gasteiger partial charge in [0.05, 0.1) is 35.1 Å². The molecule has 5 nitrogen and oxygen atoms in total. The fourth-order valence-corrected chi connectivity index (χ4v) is 4.28. The van der Waals surface area contributed by atoms with Crippen molar-refractivity contribution in [3.8, 4) is 5.69 Å². The van der Waals surface area contributed by atoms with Crippen LogP contribution in [0.1, 0.15) is 17.0 Å². The number of aromatic nitrogens is 2. The number of aryl methyl sites for hydroxylation is 2. The van der Waals surface area contributed by atoms with Crippen molar-refractivity contribution in [2.24, 2.45) is 4.99 Å². The molecule has 0 spiro atoms. The third-order valence-corrected chi connectivity index (χ3v) is 5.97. The first-order chi connectivity index (χ1) is 11.5. The maximum atomic E-state index is 12.2. The summed E-state index contributed by atoms with van der Waals surface area (Å²) in [6.07, 6.45) is 0.